The number of rotatable bonds is 3. The minimum Gasteiger partial charge on any atom is -0.338 e. The molecule has 0 aromatic heterocycles. The first-order chi connectivity index (χ1) is 7.54. The Balaban J connectivity index is 2.95. The van der Waals surface area contributed by atoms with Crippen LogP contribution in [-0.2, 0) is 0 Å². The van der Waals surface area contributed by atoms with Crippen LogP contribution < -0.4 is 10.6 Å². The van der Waals surface area contributed by atoms with Gasteiger partial charge in [-0.25, -0.2) is 9.18 Å². The molecule has 1 aromatic rings. The van der Waals surface area contributed by atoms with Crippen LogP contribution in [0.25, 0.3) is 0 Å². The lowest BCUT2D eigenvalue weighted by Gasteiger charge is -2.06. The summed E-state index contributed by atoms with van der Waals surface area (Å²) in [5, 5.41) is 15.3. The number of hydrogen-bond acceptors (Lipinski definition) is 3. The lowest BCUT2D eigenvalue weighted by molar-refractivity contribution is -0.384. The zero-order chi connectivity index (χ0) is 12.1. The molecule has 0 unspecified atom stereocenters. The summed E-state index contributed by atoms with van der Waals surface area (Å²) in [5.74, 6) is -0.729. The van der Waals surface area contributed by atoms with Gasteiger partial charge in [0.15, 0.2) is 0 Å². The smallest absolute Gasteiger partial charge is 0.319 e. The van der Waals surface area contributed by atoms with E-state index < -0.39 is 22.5 Å². The number of carbonyl (C=O) groups is 1. The molecule has 1 rings (SSSR count). The molecular weight excluding hydrogens is 217 g/mol. The third-order valence-electron chi connectivity index (χ3n) is 1.74. The van der Waals surface area contributed by atoms with E-state index in [2.05, 4.69) is 10.6 Å². The highest BCUT2D eigenvalue weighted by atomic mass is 19.1. The first-order valence-electron chi connectivity index (χ1n) is 4.53. The fourth-order valence-corrected chi connectivity index (χ4v) is 1.09. The summed E-state index contributed by atoms with van der Waals surface area (Å²) in [7, 11) is 0. The fourth-order valence-electron chi connectivity index (χ4n) is 1.09. The van der Waals surface area contributed by atoms with Gasteiger partial charge in [0.05, 0.1) is 11.0 Å². The largest absolute Gasteiger partial charge is 0.338 e. The summed E-state index contributed by atoms with van der Waals surface area (Å²) < 4.78 is 12.8. The average Bonchev–Trinajstić information content (AvgIpc) is 2.20. The van der Waals surface area contributed by atoms with E-state index in [-0.39, 0.29) is 5.69 Å². The van der Waals surface area contributed by atoms with E-state index in [1.54, 1.807) is 6.92 Å². The number of anilines is 1. The lowest BCUT2D eigenvalue weighted by atomic mass is 10.2. The molecule has 0 bridgehead atoms. The molecule has 0 saturated heterocycles. The molecule has 0 spiro atoms. The Kier molecular flexibility index (Phi) is 3.76. The average molecular weight is 227 g/mol. The Labute approximate surface area is 90.6 Å². The molecule has 0 heterocycles. The Morgan fingerprint density at radius 2 is 2.25 bits per heavy atom. The number of nitrogens with one attached hydrogen (secondary N) is 2. The van der Waals surface area contributed by atoms with Crippen molar-refractivity contribution in [3.63, 3.8) is 0 Å². The van der Waals surface area contributed by atoms with Crippen molar-refractivity contribution in [2.45, 2.75) is 6.92 Å². The molecule has 0 radical (unpaired) electrons. The maximum Gasteiger partial charge on any atom is 0.319 e. The maximum absolute atomic E-state index is 12.8. The Morgan fingerprint density at radius 3 is 2.81 bits per heavy atom. The molecule has 86 valence electrons. The van der Waals surface area contributed by atoms with Gasteiger partial charge in [0.1, 0.15) is 11.5 Å². The minimum atomic E-state index is -0.759. The molecule has 2 N–H and O–H groups in total. The second-order valence-electron chi connectivity index (χ2n) is 2.90. The second-order valence-corrected chi connectivity index (χ2v) is 2.90. The van der Waals surface area contributed by atoms with Crippen molar-refractivity contribution in [3.8, 4) is 0 Å². The molecule has 0 aliphatic rings. The lowest BCUT2D eigenvalue weighted by Crippen LogP contribution is -2.28. The van der Waals surface area contributed by atoms with E-state index >= 15 is 0 Å². The van der Waals surface area contributed by atoms with Crippen LogP contribution >= 0.6 is 0 Å². The molecular formula is C9H10FN3O3. The number of hydrogen-bond donors (Lipinski definition) is 2. The first kappa shape index (κ1) is 11.9. The van der Waals surface area contributed by atoms with Crippen LogP contribution in [0, 0.1) is 15.9 Å². The minimum absolute atomic E-state index is 0.0441. The van der Waals surface area contributed by atoms with Crippen molar-refractivity contribution in [2.75, 3.05) is 11.9 Å². The van der Waals surface area contributed by atoms with Crippen LogP contribution in [0.1, 0.15) is 6.92 Å². The summed E-state index contributed by atoms with van der Waals surface area (Å²) in [6, 6.07) is 2.36. The Morgan fingerprint density at radius 1 is 1.56 bits per heavy atom. The second kappa shape index (κ2) is 5.06. The van der Waals surface area contributed by atoms with Gasteiger partial charge >= 0.3 is 6.03 Å². The molecule has 2 amide bonds. The predicted molar refractivity (Wildman–Crippen MR) is 55.7 cm³/mol. The summed E-state index contributed by atoms with van der Waals surface area (Å²) in [6.45, 7) is 2.10. The molecule has 0 fully saturated rings. The van der Waals surface area contributed by atoms with Gasteiger partial charge in [0.25, 0.3) is 5.69 Å². The third-order valence-corrected chi connectivity index (χ3v) is 1.74. The highest BCUT2D eigenvalue weighted by Gasteiger charge is 2.16. The van der Waals surface area contributed by atoms with Crippen molar-refractivity contribution < 1.29 is 14.1 Å². The van der Waals surface area contributed by atoms with E-state index in [1.807, 2.05) is 0 Å². The standard InChI is InChI=1S/C9H10FN3O3/c1-2-11-9(14)12-7-4-3-6(10)5-8(7)13(15)16/h3-5H,2H2,1H3,(H2,11,12,14). The van der Waals surface area contributed by atoms with E-state index in [1.165, 1.54) is 0 Å². The zero-order valence-corrected chi connectivity index (χ0v) is 8.49. The summed E-state index contributed by atoms with van der Waals surface area (Å²) in [6.07, 6.45) is 0. The van der Waals surface area contributed by atoms with Crippen LogP contribution in [0.2, 0.25) is 0 Å². The molecule has 0 atom stereocenters. The van der Waals surface area contributed by atoms with Gasteiger partial charge in [-0.1, -0.05) is 0 Å². The zero-order valence-electron chi connectivity index (χ0n) is 8.49. The van der Waals surface area contributed by atoms with Crippen LogP contribution in [0.15, 0.2) is 18.2 Å². The van der Waals surface area contributed by atoms with Gasteiger partial charge in [0.2, 0.25) is 0 Å². The van der Waals surface area contributed by atoms with Gasteiger partial charge in [-0.2, -0.15) is 0 Å². The van der Waals surface area contributed by atoms with Crippen LogP contribution in [0.3, 0.4) is 0 Å². The normalized spacial score (nSPS) is 9.62. The number of carbonyl (C=O) groups excluding carboxylic acids is 1. The topological polar surface area (TPSA) is 84.3 Å². The van der Waals surface area contributed by atoms with Crippen molar-refractivity contribution in [1.82, 2.24) is 5.32 Å². The summed E-state index contributed by atoms with van der Waals surface area (Å²) >= 11 is 0. The summed E-state index contributed by atoms with van der Waals surface area (Å²) in [5.41, 5.74) is -0.524. The number of nitro benzene ring substituents is 1. The van der Waals surface area contributed by atoms with E-state index in [0.29, 0.717) is 6.54 Å². The van der Waals surface area contributed by atoms with E-state index in [4.69, 9.17) is 0 Å². The van der Waals surface area contributed by atoms with Gasteiger partial charge in [-0.15, -0.1) is 0 Å². The van der Waals surface area contributed by atoms with Gasteiger partial charge in [-0.3, -0.25) is 10.1 Å². The van der Waals surface area contributed by atoms with Crippen molar-refractivity contribution in [2.24, 2.45) is 0 Å². The Bertz CT molecular complexity index is 422. The number of benzene rings is 1. The molecule has 7 heteroatoms. The SMILES string of the molecule is CCNC(=O)Nc1ccc(F)cc1[N+](=O)[O-]. The Hall–Kier alpha value is -2.18. The summed E-state index contributed by atoms with van der Waals surface area (Å²) in [4.78, 5) is 21.0. The molecule has 0 saturated carbocycles. The van der Waals surface area contributed by atoms with Gasteiger partial charge in [0, 0.05) is 6.54 Å². The monoisotopic (exact) mass is 227 g/mol. The fraction of sp³-hybridized carbons (Fsp3) is 0.222. The highest BCUT2D eigenvalue weighted by molar-refractivity contribution is 5.91. The van der Waals surface area contributed by atoms with E-state index in [9.17, 15) is 19.3 Å². The van der Waals surface area contributed by atoms with Crippen LogP contribution in [0.4, 0.5) is 20.6 Å². The van der Waals surface area contributed by atoms with Crippen LogP contribution in [-0.4, -0.2) is 17.5 Å². The first-order valence-corrected chi connectivity index (χ1v) is 4.53. The van der Waals surface area contributed by atoms with E-state index in [0.717, 1.165) is 18.2 Å². The third kappa shape index (κ3) is 2.91. The quantitative estimate of drug-likeness (QED) is 0.610. The molecule has 6 nitrogen and oxygen atoms in total. The molecule has 16 heavy (non-hydrogen) atoms. The number of amides is 2. The number of urea groups is 1. The van der Waals surface area contributed by atoms with Gasteiger partial charge in [-0.05, 0) is 19.1 Å². The number of nitrogens with zero attached hydrogens (tertiary/aromatic N) is 1. The number of halogens is 1. The predicted octanol–water partition coefficient (Wildman–Crippen LogP) is 1.88. The highest BCUT2D eigenvalue weighted by Crippen LogP contribution is 2.24. The molecule has 1 aromatic carbocycles. The van der Waals surface area contributed by atoms with Crippen LogP contribution in [0.5, 0.6) is 0 Å². The van der Waals surface area contributed by atoms with Crippen molar-refractivity contribution >= 4 is 17.4 Å². The van der Waals surface area contributed by atoms with Crippen molar-refractivity contribution in [3.05, 3.63) is 34.1 Å². The van der Waals surface area contributed by atoms with Gasteiger partial charge < -0.3 is 10.6 Å². The number of nitro groups is 1. The molecule has 0 aliphatic carbocycles. The maximum atomic E-state index is 12.8. The van der Waals surface area contributed by atoms with Crippen molar-refractivity contribution in [1.29, 1.82) is 0 Å². The molecule has 0 aliphatic heterocycles.